The summed E-state index contributed by atoms with van der Waals surface area (Å²) in [4.78, 5) is 26.2. The fourth-order valence-corrected chi connectivity index (χ4v) is 5.91. The quantitative estimate of drug-likeness (QED) is 0.448. The number of amides is 1. The molecule has 2 bridgehead atoms. The Morgan fingerprint density at radius 3 is 2.38 bits per heavy atom. The number of piperidine rings is 1. The lowest BCUT2D eigenvalue weighted by molar-refractivity contribution is -0.0556. The molecule has 0 aliphatic carbocycles. The van der Waals surface area contributed by atoms with Crippen molar-refractivity contribution in [2.75, 3.05) is 42.9 Å². The highest BCUT2D eigenvalue weighted by Gasteiger charge is 2.37. The van der Waals surface area contributed by atoms with E-state index in [0.717, 1.165) is 43.1 Å². The molecule has 2 atom stereocenters. The zero-order valence-electron chi connectivity index (χ0n) is 21.9. The smallest absolute Gasteiger partial charge is 0.252 e. The molecule has 3 fully saturated rings. The van der Waals surface area contributed by atoms with Crippen molar-refractivity contribution in [3.05, 3.63) is 66.4 Å². The molecule has 1 amide bonds. The highest BCUT2D eigenvalue weighted by atomic mass is 16.5. The molecule has 9 heteroatoms. The fourth-order valence-electron chi connectivity index (χ4n) is 5.91. The number of carbonyl (C=O) groups is 1. The van der Waals surface area contributed by atoms with E-state index < -0.39 is 0 Å². The molecular weight excluding hydrogens is 490 g/mol. The Balaban J connectivity index is 1.04. The number of likely N-dealkylation sites (tertiary alicyclic amines) is 1. The molecule has 3 saturated heterocycles. The number of ether oxygens (including phenoxy) is 1. The van der Waals surface area contributed by atoms with Gasteiger partial charge in [0.05, 0.1) is 24.0 Å². The lowest BCUT2D eigenvalue weighted by Gasteiger charge is -2.42. The van der Waals surface area contributed by atoms with E-state index in [1.165, 1.54) is 31.4 Å². The largest absolute Gasteiger partial charge is 0.372 e. The van der Waals surface area contributed by atoms with Gasteiger partial charge >= 0.3 is 0 Å². The summed E-state index contributed by atoms with van der Waals surface area (Å²) in [6, 6.07) is 20.0. The minimum Gasteiger partial charge on any atom is -0.372 e. The molecule has 9 nitrogen and oxygen atoms in total. The van der Waals surface area contributed by atoms with Crippen molar-refractivity contribution in [2.45, 2.75) is 43.9 Å². The first-order chi connectivity index (χ1) is 19.1. The van der Waals surface area contributed by atoms with Crippen LogP contribution in [-0.2, 0) is 4.74 Å². The topological polar surface area (TPSA) is 106 Å². The van der Waals surface area contributed by atoms with Crippen LogP contribution in [0.3, 0.4) is 0 Å². The van der Waals surface area contributed by atoms with Gasteiger partial charge in [0.25, 0.3) is 5.91 Å². The molecule has 4 heterocycles. The number of morpholine rings is 1. The number of fused-ring (bicyclic) bond motifs is 2. The minimum absolute atomic E-state index is 0.0172. The van der Waals surface area contributed by atoms with Gasteiger partial charge in [0.1, 0.15) is 6.54 Å². The van der Waals surface area contributed by atoms with Crippen molar-refractivity contribution in [1.29, 1.82) is 5.26 Å². The minimum atomic E-state index is -0.273. The van der Waals surface area contributed by atoms with E-state index in [9.17, 15) is 4.79 Å². The predicted molar refractivity (Wildman–Crippen MR) is 150 cm³/mol. The Bertz CT molecular complexity index is 1320. The Morgan fingerprint density at radius 1 is 0.974 bits per heavy atom. The van der Waals surface area contributed by atoms with Crippen molar-refractivity contribution in [3.8, 4) is 17.3 Å². The van der Waals surface area contributed by atoms with Crippen molar-refractivity contribution in [3.63, 3.8) is 0 Å². The van der Waals surface area contributed by atoms with Crippen LogP contribution >= 0.6 is 0 Å². The Hall–Kier alpha value is -4.00. The Kier molecular flexibility index (Phi) is 7.39. The summed E-state index contributed by atoms with van der Waals surface area (Å²) >= 11 is 0. The summed E-state index contributed by atoms with van der Waals surface area (Å²) in [6.45, 7) is 4.35. The molecular formula is C30H33N7O2. The number of nitrogens with zero attached hydrogens (tertiary/aromatic N) is 5. The number of nitrogens with one attached hydrogen (secondary N) is 2. The first-order valence-corrected chi connectivity index (χ1v) is 13.7. The highest BCUT2D eigenvalue weighted by Crippen LogP contribution is 2.31. The van der Waals surface area contributed by atoms with E-state index in [1.54, 1.807) is 18.3 Å². The van der Waals surface area contributed by atoms with Gasteiger partial charge in [0, 0.05) is 60.9 Å². The average Bonchev–Trinajstić information content (AvgIpc) is 3.33. The first kappa shape index (κ1) is 25.3. The summed E-state index contributed by atoms with van der Waals surface area (Å²) in [5.74, 6) is 0.237. The standard InChI is InChI=1S/C30H33N7O2/c31-14-16-32-29(38)22-3-1-21(2-4-22)28-11-15-33-30(35-28)34-23-5-7-24(8-6-23)36-17-12-25(13-18-36)37-19-26-9-10-27(20-37)39-26/h1-8,11,15,25-27H,9-10,12-13,16-20H2,(H,32,38)(H,33,34,35). The van der Waals surface area contributed by atoms with Gasteiger partial charge in [-0.15, -0.1) is 0 Å². The molecule has 3 aromatic rings. The van der Waals surface area contributed by atoms with Crippen LogP contribution in [0.25, 0.3) is 11.3 Å². The number of benzene rings is 2. The monoisotopic (exact) mass is 523 g/mol. The molecule has 0 spiro atoms. The van der Waals surface area contributed by atoms with Crippen LogP contribution in [-0.4, -0.2) is 71.7 Å². The second kappa shape index (κ2) is 11.4. The van der Waals surface area contributed by atoms with Gasteiger partial charge in [-0.25, -0.2) is 9.97 Å². The molecule has 0 saturated carbocycles. The van der Waals surface area contributed by atoms with E-state index in [1.807, 2.05) is 24.3 Å². The second-order valence-electron chi connectivity index (χ2n) is 10.5. The molecule has 1 aromatic heterocycles. The number of anilines is 3. The van der Waals surface area contributed by atoms with Crippen molar-refractivity contribution in [1.82, 2.24) is 20.2 Å². The maximum absolute atomic E-state index is 12.0. The maximum atomic E-state index is 12.0. The summed E-state index contributed by atoms with van der Waals surface area (Å²) in [6.07, 6.45) is 7.50. The third-order valence-corrected chi connectivity index (χ3v) is 7.97. The zero-order chi connectivity index (χ0) is 26.6. The van der Waals surface area contributed by atoms with Crippen LogP contribution in [0.4, 0.5) is 17.3 Å². The van der Waals surface area contributed by atoms with Crippen LogP contribution in [0.1, 0.15) is 36.0 Å². The fraction of sp³-hybridized carbons (Fsp3) is 0.400. The number of hydrogen-bond donors (Lipinski definition) is 2. The lowest BCUT2D eigenvalue weighted by Crippen LogP contribution is -2.51. The normalized spacial score (nSPS) is 21.4. The van der Waals surface area contributed by atoms with Crippen molar-refractivity contribution in [2.24, 2.45) is 0 Å². The maximum Gasteiger partial charge on any atom is 0.252 e. The highest BCUT2D eigenvalue weighted by molar-refractivity contribution is 5.94. The number of hydrogen-bond acceptors (Lipinski definition) is 8. The summed E-state index contributed by atoms with van der Waals surface area (Å²) in [7, 11) is 0. The first-order valence-electron chi connectivity index (χ1n) is 13.7. The van der Waals surface area contributed by atoms with Gasteiger partial charge in [-0.05, 0) is 68.1 Å². The Labute approximate surface area is 228 Å². The van der Waals surface area contributed by atoms with Gasteiger partial charge in [-0.3, -0.25) is 9.69 Å². The van der Waals surface area contributed by atoms with Crippen LogP contribution in [0.15, 0.2) is 60.8 Å². The summed E-state index contributed by atoms with van der Waals surface area (Å²) in [5, 5.41) is 14.5. The van der Waals surface area contributed by atoms with E-state index >= 15 is 0 Å². The van der Waals surface area contributed by atoms with Crippen LogP contribution in [0.5, 0.6) is 0 Å². The van der Waals surface area contributed by atoms with Crippen molar-refractivity contribution < 1.29 is 9.53 Å². The molecule has 2 unspecified atom stereocenters. The average molecular weight is 524 g/mol. The number of nitriles is 1. The third kappa shape index (κ3) is 5.87. The molecule has 3 aliphatic rings. The molecule has 0 radical (unpaired) electrons. The van der Waals surface area contributed by atoms with E-state index in [2.05, 4.69) is 54.7 Å². The van der Waals surface area contributed by atoms with Gasteiger partial charge in [0.2, 0.25) is 5.95 Å². The predicted octanol–water partition coefficient (Wildman–Crippen LogP) is 3.97. The van der Waals surface area contributed by atoms with Crippen molar-refractivity contribution >= 4 is 23.2 Å². The second-order valence-corrected chi connectivity index (χ2v) is 10.5. The summed E-state index contributed by atoms with van der Waals surface area (Å²) < 4.78 is 6.03. The van der Waals surface area contributed by atoms with Gasteiger partial charge in [-0.2, -0.15) is 5.26 Å². The SMILES string of the molecule is N#CCNC(=O)c1ccc(-c2ccnc(Nc3ccc(N4CCC(N5CC6CCC(C5)O6)CC4)cc3)n2)cc1. The van der Waals surface area contributed by atoms with Gasteiger partial charge in [0.15, 0.2) is 0 Å². The number of rotatable bonds is 7. The van der Waals surface area contributed by atoms with E-state index in [-0.39, 0.29) is 12.5 Å². The Morgan fingerprint density at radius 2 is 1.69 bits per heavy atom. The molecule has 200 valence electrons. The molecule has 2 aromatic carbocycles. The molecule has 6 rings (SSSR count). The number of aromatic nitrogens is 2. The van der Waals surface area contributed by atoms with E-state index in [0.29, 0.717) is 29.8 Å². The van der Waals surface area contributed by atoms with Crippen LogP contribution in [0.2, 0.25) is 0 Å². The van der Waals surface area contributed by atoms with Crippen LogP contribution < -0.4 is 15.5 Å². The summed E-state index contributed by atoms with van der Waals surface area (Å²) in [5.41, 5.74) is 4.30. The zero-order valence-corrected chi connectivity index (χ0v) is 21.9. The third-order valence-electron chi connectivity index (χ3n) is 7.97. The molecule has 3 aliphatic heterocycles. The molecule has 39 heavy (non-hydrogen) atoms. The van der Waals surface area contributed by atoms with Gasteiger partial charge < -0.3 is 20.3 Å². The lowest BCUT2D eigenvalue weighted by atomic mass is 10.0. The van der Waals surface area contributed by atoms with Gasteiger partial charge in [-0.1, -0.05) is 12.1 Å². The number of carbonyl (C=O) groups excluding carboxylic acids is 1. The molecule has 2 N–H and O–H groups in total. The van der Waals surface area contributed by atoms with Crippen LogP contribution in [0, 0.1) is 11.3 Å². The van der Waals surface area contributed by atoms with E-state index in [4.69, 9.17) is 10.00 Å².